The van der Waals surface area contributed by atoms with Crippen molar-refractivity contribution in [2.75, 3.05) is 7.11 Å². The summed E-state index contributed by atoms with van der Waals surface area (Å²) in [4.78, 5) is 3.14. The van der Waals surface area contributed by atoms with E-state index in [0.717, 1.165) is 11.1 Å². The summed E-state index contributed by atoms with van der Waals surface area (Å²) in [6.45, 7) is 7.99. The highest BCUT2D eigenvalue weighted by Crippen LogP contribution is 2.28. The molecule has 0 spiro atoms. The van der Waals surface area contributed by atoms with E-state index < -0.39 is 0 Å². The summed E-state index contributed by atoms with van der Waals surface area (Å²) in [6, 6.07) is 13.2. The molecular weight excluding hydrogens is 451 g/mol. The van der Waals surface area contributed by atoms with Crippen LogP contribution >= 0.6 is 23.2 Å². The molecule has 4 rings (SSSR count). The summed E-state index contributed by atoms with van der Waals surface area (Å²) in [5, 5.41) is 25.6. The van der Waals surface area contributed by atoms with E-state index in [2.05, 4.69) is 30.8 Å². The number of hydrogen-bond donors (Lipinski definition) is 0. The van der Waals surface area contributed by atoms with Crippen LogP contribution < -0.4 is 4.74 Å². The van der Waals surface area contributed by atoms with Crippen LogP contribution in [0.1, 0.15) is 39.8 Å². The molecule has 0 aliphatic rings. The number of rotatable bonds is 5. The van der Waals surface area contributed by atoms with E-state index >= 15 is 0 Å². The highest BCUT2D eigenvalue weighted by Gasteiger charge is 2.10. The monoisotopic (exact) mass is 474 g/mol. The predicted molar refractivity (Wildman–Crippen MR) is 124 cm³/mol. The first-order valence-electron chi connectivity index (χ1n) is 9.97. The van der Waals surface area contributed by atoms with Crippen LogP contribution in [-0.4, -0.2) is 47.5 Å². The minimum atomic E-state index is 0.185. The molecule has 0 radical (unpaired) electrons. The van der Waals surface area contributed by atoms with Gasteiger partial charge in [-0.2, -0.15) is 9.59 Å². The van der Waals surface area contributed by atoms with E-state index in [1.807, 2.05) is 58.0 Å². The van der Waals surface area contributed by atoms with Crippen LogP contribution in [0, 0.1) is 0 Å². The van der Waals surface area contributed by atoms with Gasteiger partial charge in [0.25, 0.3) is 0 Å². The fraction of sp³-hybridized carbons (Fsp3) is 0.333. The molecule has 0 fully saturated rings. The summed E-state index contributed by atoms with van der Waals surface area (Å²) in [5.41, 5.74) is 1.71. The smallest absolute Gasteiger partial charge is 0.204 e. The van der Waals surface area contributed by atoms with Crippen molar-refractivity contribution >= 4 is 23.2 Å². The molecule has 9 nitrogen and oxygen atoms in total. The van der Waals surface area contributed by atoms with Gasteiger partial charge in [0.15, 0.2) is 0 Å². The molecule has 4 aromatic rings. The van der Waals surface area contributed by atoms with Crippen molar-refractivity contribution in [2.45, 2.75) is 39.8 Å². The van der Waals surface area contributed by atoms with Gasteiger partial charge in [0.2, 0.25) is 11.6 Å². The molecular formula is C21H24Cl2N8O. The Kier molecular flexibility index (Phi) is 7.76. The van der Waals surface area contributed by atoms with Crippen LogP contribution in [0.3, 0.4) is 0 Å². The third kappa shape index (κ3) is 5.80. The number of methoxy groups -OCH3 is 1. The van der Waals surface area contributed by atoms with Crippen LogP contribution in [-0.2, 0) is 0 Å². The van der Waals surface area contributed by atoms with Crippen molar-refractivity contribution in [3.05, 3.63) is 52.5 Å². The first-order chi connectivity index (χ1) is 15.3. The molecule has 2 heterocycles. The van der Waals surface area contributed by atoms with Gasteiger partial charge in [-0.1, -0.05) is 35.3 Å². The predicted octanol–water partition coefficient (Wildman–Crippen LogP) is 5.16. The van der Waals surface area contributed by atoms with Crippen molar-refractivity contribution in [1.82, 2.24) is 40.4 Å². The standard InChI is InChI=1S/C11H13ClN4O.C10H11ClN4/c1-7(2)16-14-11(13-15-16)8-4-5-10(17-3)9(12)6-8;1-7(2)15-13-10(12-14-15)8-4-3-5-9(11)6-8/h4-7H,1-3H3;3-7H,1-2H3. The molecule has 0 saturated heterocycles. The van der Waals surface area contributed by atoms with Crippen LogP contribution in [0.15, 0.2) is 42.5 Å². The molecule has 0 unspecified atom stereocenters. The van der Waals surface area contributed by atoms with Gasteiger partial charge in [-0.15, -0.1) is 20.4 Å². The van der Waals surface area contributed by atoms with Gasteiger partial charge in [0.05, 0.1) is 24.2 Å². The largest absolute Gasteiger partial charge is 0.495 e. The van der Waals surface area contributed by atoms with Gasteiger partial charge in [-0.3, -0.25) is 0 Å². The van der Waals surface area contributed by atoms with E-state index in [1.54, 1.807) is 28.8 Å². The Labute approximate surface area is 196 Å². The molecule has 0 aliphatic carbocycles. The van der Waals surface area contributed by atoms with E-state index in [9.17, 15) is 0 Å². The van der Waals surface area contributed by atoms with Crippen molar-refractivity contribution in [2.24, 2.45) is 0 Å². The molecule has 0 N–H and O–H groups in total. The van der Waals surface area contributed by atoms with Crippen molar-refractivity contribution in [1.29, 1.82) is 0 Å². The quantitative estimate of drug-likeness (QED) is 0.394. The molecule has 0 amide bonds. The Balaban J connectivity index is 0.000000182. The second-order valence-corrected chi connectivity index (χ2v) is 8.26. The minimum Gasteiger partial charge on any atom is -0.495 e. The zero-order chi connectivity index (χ0) is 23.3. The molecule has 0 saturated carbocycles. The van der Waals surface area contributed by atoms with E-state index in [4.69, 9.17) is 27.9 Å². The summed E-state index contributed by atoms with van der Waals surface area (Å²) in [5.74, 6) is 1.79. The van der Waals surface area contributed by atoms with Crippen LogP contribution in [0.25, 0.3) is 22.8 Å². The van der Waals surface area contributed by atoms with Crippen molar-refractivity contribution < 1.29 is 4.74 Å². The SMILES string of the molecule is CC(C)n1nnc(-c2cccc(Cl)c2)n1.COc1ccc(-c2nnn(C(C)C)n2)cc1Cl. The number of halogens is 2. The number of hydrogen-bond acceptors (Lipinski definition) is 7. The van der Waals surface area contributed by atoms with Crippen molar-refractivity contribution in [3.8, 4) is 28.5 Å². The van der Waals surface area contributed by atoms with Gasteiger partial charge in [0, 0.05) is 16.1 Å². The Morgan fingerprint density at radius 3 is 1.78 bits per heavy atom. The van der Waals surface area contributed by atoms with Gasteiger partial charge >= 0.3 is 0 Å². The number of aromatic nitrogens is 8. The van der Waals surface area contributed by atoms with Gasteiger partial charge < -0.3 is 4.74 Å². The molecule has 0 atom stereocenters. The fourth-order valence-electron chi connectivity index (χ4n) is 2.55. The fourth-order valence-corrected chi connectivity index (χ4v) is 3.00. The third-order valence-electron chi connectivity index (χ3n) is 4.27. The van der Waals surface area contributed by atoms with Gasteiger partial charge in [-0.25, -0.2) is 0 Å². The summed E-state index contributed by atoms with van der Waals surface area (Å²) in [6.07, 6.45) is 0. The van der Waals surface area contributed by atoms with Crippen LogP contribution in [0.5, 0.6) is 5.75 Å². The zero-order valence-corrected chi connectivity index (χ0v) is 19.9. The lowest BCUT2D eigenvalue weighted by molar-refractivity contribution is 0.415. The number of nitrogens with zero attached hydrogens (tertiary/aromatic N) is 8. The molecule has 0 aliphatic heterocycles. The average molecular weight is 475 g/mol. The summed E-state index contributed by atoms with van der Waals surface area (Å²) in [7, 11) is 1.58. The zero-order valence-electron chi connectivity index (χ0n) is 18.4. The van der Waals surface area contributed by atoms with E-state index in [0.29, 0.717) is 27.4 Å². The molecule has 168 valence electrons. The number of ether oxygens (including phenoxy) is 1. The molecule has 2 aromatic heterocycles. The second kappa shape index (κ2) is 10.5. The minimum absolute atomic E-state index is 0.185. The van der Waals surface area contributed by atoms with Crippen LogP contribution in [0.2, 0.25) is 10.0 Å². The average Bonchev–Trinajstić information content (AvgIpc) is 3.45. The molecule has 0 bridgehead atoms. The van der Waals surface area contributed by atoms with Crippen molar-refractivity contribution in [3.63, 3.8) is 0 Å². The van der Waals surface area contributed by atoms with E-state index in [1.165, 1.54) is 0 Å². The Hall–Kier alpha value is -3.04. The highest BCUT2D eigenvalue weighted by molar-refractivity contribution is 6.32. The third-order valence-corrected chi connectivity index (χ3v) is 4.80. The summed E-state index contributed by atoms with van der Waals surface area (Å²) < 4.78 is 5.09. The topological polar surface area (TPSA) is 96.4 Å². The second-order valence-electron chi connectivity index (χ2n) is 7.41. The first kappa shape index (κ1) is 23.6. The highest BCUT2D eigenvalue weighted by atomic mass is 35.5. The van der Waals surface area contributed by atoms with Gasteiger partial charge in [-0.05, 0) is 68.5 Å². The van der Waals surface area contributed by atoms with Gasteiger partial charge in [0.1, 0.15) is 5.75 Å². The lowest BCUT2D eigenvalue weighted by Crippen LogP contribution is -2.04. The molecule has 11 heteroatoms. The maximum atomic E-state index is 6.04. The normalized spacial score (nSPS) is 10.9. The van der Waals surface area contributed by atoms with Crippen LogP contribution in [0.4, 0.5) is 0 Å². The maximum Gasteiger partial charge on any atom is 0.204 e. The molecule has 32 heavy (non-hydrogen) atoms. The Bertz CT molecular complexity index is 1170. The lowest BCUT2D eigenvalue weighted by Gasteiger charge is -2.03. The molecule has 2 aromatic carbocycles. The van der Waals surface area contributed by atoms with E-state index in [-0.39, 0.29) is 12.1 Å². The first-order valence-corrected chi connectivity index (χ1v) is 10.7. The number of tetrazole rings is 2. The Morgan fingerprint density at radius 1 is 0.781 bits per heavy atom. The lowest BCUT2D eigenvalue weighted by atomic mass is 10.2. The Morgan fingerprint density at radius 2 is 1.34 bits per heavy atom. The maximum absolute atomic E-state index is 6.04. The number of benzene rings is 2. The summed E-state index contributed by atoms with van der Waals surface area (Å²) >= 11 is 11.9.